The first-order chi connectivity index (χ1) is 11.2. The molecule has 0 spiro atoms. The van der Waals surface area contributed by atoms with Gasteiger partial charge in [-0.15, -0.1) is 0 Å². The number of hydrogen-bond acceptors (Lipinski definition) is 2. The lowest BCUT2D eigenvalue weighted by Crippen LogP contribution is -2.39. The van der Waals surface area contributed by atoms with E-state index in [9.17, 15) is 4.39 Å². The van der Waals surface area contributed by atoms with Crippen LogP contribution in [0.1, 0.15) is 24.8 Å². The molecule has 0 atom stereocenters. The van der Waals surface area contributed by atoms with Crippen LogP contribution in [0.5, 0.6) is 0 Å². The van der Waals surface area contributed by atoms with Gasteiger partial charge in [0, 0.05) is 37.8 Å². The van der Waals surface area contributed by atoms with Crippen molar-refractivity contribution < 1.29 is 9.13 Å². The molecule has 0 amide bonds. The van der Waals surface area contributed by atoms with Crippen molar-refractivity contribution in [2.75, 3.05) is 33.4 Å². The third-order valence-electron chi connectivity index (χ3n) is 3.73. The number of benzene rings is 1. The van der Waals surface area contributed by atoms with E-state index in [0.29, 0.717) is 18.5 Å². The largest absolute Gasteiger partial charge is 0.381 e. The highest BCUT2D eigenvalue weighted by Crippen LogP contribution is 2.28. The first-order valence-corrected chi connectivity index (χ1v) is 8.94. The van der Waals surface area contributed by atoms with Gasteiger partial charge in [-0.3, -0.25) is 4.99 Å². The lowest BCUT2D eigenvalue weighted by molar-refractivity contribution is 0.123. The third-order valence-corrected chi connectivity index (χ3v) is 4.22. The number of nitrogens with one attached hydrogen (secondary N) is 2. The van der Waals surface area contributed by atoms with Gasteiger partial charge < -0.3 is 15.4 Å². The Hall–Kier alpha value is -1.14. The Morgan fingerprint density at radius 2 is 2.13 bits per heavy atom. The van der Waals surface area contributed by atoms with Gasteiger partial charge in [0.05, 0.1) is 0 Å². The average molecular weight is 386 g/mol. The summed E-state index contributed by atoms with van der Waals surface area (Å²) in [5, 5.41) is 6.44. The summed E-state index contributed by atoms with van der Waals surface area (Å²) in [5.74, 6) is 1.38. The number of nitrogens with zero attached hydrogens (tertiary/aromatic N) is 1. The van der Waals surface area contributed by atoms with Crippen LogP contribution in [-0.2, 0) is 11.2 Å². The average Bonchev–Trinajstić information content (AvgIpc) is 3.36. The van der Waals surface area contributed by atoms with Crippen molar-refractivity contribution in [3.8, 4) is 0 Å². The minimum absolute atomic E-state index is 0.175. The van der Waals surface area contributed by atoms with Crippen molar-refractivity contribution >= 4 is 21.9 Å². The highest BCUT2D eigenvalue weighted by atomic mass is 79.9. The fraction of sp³-hybridized carbons (Fsp3) is 0.588. The molecule has 1 aliphatic carbocycles. The first kappa shape index (κ1) is 18.2. The van der Waals surface area contributed by atoms with Crippen molar-refractivity contribution in [1.29, 1.82) is 0 Å². The highest BCUT2D eigenvalue weighted by molar-refractivity contribution is 9.10. The fourth-order valence-electron chi connectivity index (χ4n) is 2.19. The predicted octanol–water partition coefficient (Wildman–Crippen LogP) is 3.11. The molecule has 1 aromatic carbocycles. The maximum atomic E-state index is 13.6. The van der Waals surface area contributed by atoms with Crippen LogP contribution in [0.25, 0.3) is 0 Å². The molecular weight excluding hydrogens is 361 g/mol. The fourth-order valence-corrected chi connectivity index (χ4v) is 2.60. The SMILES string of the molecule is CN=C(NCCCOCC1CC1)NCCc1cc(Br)ccc1F. The van der Waals surface area contributed by atoms with Crippen molar-refractivity contribution in [2.45, 2.75) is 25.7 Å². The number of ether oxygens (including phenoxy) is 1. The second kappa shape index (κ2) is 9.88. The van der Waals surface area contributed by atoms with Crippen LogP contribution in [0.4, 0.5) is 4.39 Å². The van der Waals surface area contributed by atoms with Gasteiger partial charge in [-0.2, -0.15) is 0 Å². The maximum absolute atomic E-state index is 13.6. The van der Waals surface area contributed by atoms with Crippen LogP contribution < -0.4 is 10.6 Å². The number of halogens is 2. The normalized spacial score (nSPS) is 14.8. The van der Waals surface area contributed by atoms with Gasteiger partial charge in [0.15, 0.2) is 5.96 Å². The van der Waals surface area contributed by atoms with Gasteiger partial charge in [-0.05, 0) is 55.4 Å². The summed E-state index contributed by atoms with van der Waals surface area (Å²) in [4.78, 5) is 4.17. The van der Waals surface area contributed by atoms with E-state index in [4.69, 9.17) is 4.74 Å². The second-order valence-corrected chi connectivity index (χ2v) is 6.70. The van der Waals surface area contributed by atoms with E-state index < -0.39 is 0 Å². The summed E-state index contributed by atoms with van der Waals surface area (Å²) in [6, 6.07) is 5.00. The first-order valence-electron chi connectivity index (χ1n) is 8.15. The van der Waals surface area contributed by atoms with Crippen LogP contribution in [0.3, 0.4) is 0 Å². The van der Waals surface area contributed by atoms with Gasteiger partial charge >= 0.3 is 0 Å². The summed E-state index contributed by atoms with van der Waals surface area (Å²) in [5.41, 5.74) is 0.691. The Labute approximate surface area is 146 Å². The molecule has 4 nitrogen and oxygen atoms in total. The maximum Gasteiger partial charge on any atom is 0.190 e. The smallest absolute Gasteiger partial charge is 0.190 e. The highest BCUT2D eigenvalue weighted by Gasteiger charge is 2.20. The molecule has 2 N–H and O–H groups in total. The van der Waals surface area contributed by atoms with Crippen LogP contribution in [0.2, 0.25) is 0 Å². The predicted molar refractivity (Wildman–Crippen MR) is 95.3 cm³/mol. The molecule has 0 bridgehead atoms. The summed E-state index contributed by atoms with van der Waals surface area (Å²) in [6.07, 6.45) is 4.21. The molecule has 0 saturated heterocycles. The van der Waals surface area contributed by atoms with Gasteiger partial charge in [0.2, 0.25) is 0 Å². The van der Waals surface area contributed by atoms with Crippen molar-refractivity contribution in [3.05, 3.63) is 34.1 Å². The number of guanidine groups is 1. The molecule has 23 heavy (non-hydrogen) atoms. The zero-order valence-corrected chi connectivity index (χ0v) is 15.2. The number of hydrogen-bond donors (Lipinski definition) is 2. The summed E-state index contributed by atoms with van der Waals surface area (Å²) >= 11 is 3.36. The molecule has 1 aliphatic rings. The lowest BCUT2D eigenvalue weighted by atomic mass is 10.1. The molecule has 1 fully saturated rings. The molecule has 0 unspecified atom stereocenters. The van der Waals surface area contributed by atoms with Crippen molar-refractivity contribution in [3.63, 3.8) is 0 Å². The third kappa shape index (κ3) is 7.31. The Balaban J connectivity index is 1.57. The zero-order chi connectivity index (χ0) is 16.5. The summed E-state index contributed by atoms with van der Waals surface area (Å²) in [6.45, 7) is 3.13. The molecule has 1 aromatic rings. The molecule has 0 aliphatic heterocycles. The zero-order valence-electron chi connectivity index (χ0n) is 13.6. The Morgan fingerprint density at radius 1 is 1.35 bits per heavy atom. The molecule has 0 aromatic heterocycles. The molecule has 6 heteroatoms. The minimum Gasteiger partial charge on any atom is -0.381 e. The molecule has 0 heterocycles. The van der Waals surface area contributed by atoms with Crippen molar-refractivity contribution in [1.82, 2.24) is 10.6 Å². The van der Waals surface area contributed by atoms with Gasteiger partial charge in [0.25, 0.3) is 0 Å². The molecule has 0 radical (unpaired) electrons. The monoisotopic (exact) mass is 385 g/mol. The summed E-state index contributed by atoms with van der Waals surface area (Å²) < 4.78 is 20.1. The Morgan fingerprint density at radius 3 is 2.87 bits per heavy atom. The minimum atomic E-state index is -0.175. The van der Waals surface area contributed by atoms with E-state index in [1.54, 1.807) is 13.1 Å². The van der Waals surface area contributed by atoms with E-state index in [1.807, 2.05) is 6.07 Å². The van der Waals surface area contributed by atoms with E-state index in [-0.39, 0.29) is 5.82 Å². The number of aliphatic imine (C=N–C) groups is 1. The van der Waals surface area contributed by atoms with Crippen LogP contribution in [-0.4, -0.2) is 39.3 Å². The van der Waals surface area contributed by atoms with Gasteiger partial charge in [-0.1, -0.05) is 15.9 Å². The molecule has 2 rings (SSSR count). The Bertz CT molecular complexity index is 521. The van der Waals surface area contributed by atoms with Crippen LogP contribution in [0.15, 0.2) is 27.7 Å². The van der Waals surface area contributed by atoms with E-state index in [1.165, 1.54) is 18.9 Å². The van der Waals surface area contributed by atoms with Crippen molar-refractivity contribution in [2.24, 2.45) is 10.9 Å². The Kier molecular flexibility index (Phi) is 7.82. The van der Waals surface area contributed by atoms with Gasteiger partial charge in [0.1, 0.15) is 5.82 Å². The van der Waals surface area contributed by atoms with Gasteiger partial charge in [-0.25, -0.2) is 4.39 Å². The lowest BCUT2D eigenvalue weighted by Gasteiger charge is -2.12. The van der Waals surface area contributed by atoms with E-state index >= 15 is 0 Å². The molecule has 1 saturated carbocycles. The van der Waals surface area contributed by atoms with E-state index in [0.717, 1.165) is 42.5 Å². The quantitative estimate of drug-likeness (QED) is 0.390. The standard InChI is InChI=1S/C17H25BrFN3O/c1-20-17(21-8-2-10-23-12-13-3-4-13)22-9-7-14-11-15(18)5-6-16(14)19/h5-6,11,13H,2-4,7-10,12H2,1H3,(H2,20,21,22). The van der Waals surface area contributed by atoms with Crippen LogP contribution >= 0.6 is 15.9 Å². The number of rotatable bonds is 9. The topological polar surface area (TPSA) is 45.7 Å². The molecule has 128 valence electrons. The second-order valence-electron chi connectivity index (χ2n) is 5.78. The van der Waals surface area contributed by atoms with E-state index in [2.05, 4.69) is 31.6 Å². The molecular formula is C17H25BrFN3O. The van der Waals surface area contributed by atoms with Crippen LogP contribution in [0, 0.1) is 11.7 Å². The summed E-state index contributed by atoms with van der Waals surface area (Å²) in [7, 11) is 1.73.